The molecule has 0 spiro atoms. The van der Waals surface area contributed by atoms with E-state index in [9.17, 15) is 10.2 Å². The minimum atomic E-state index is -0.514. The van der Waals surface area contributed by atoms with Gasteiger partial charge in [-0.15, -0.1) is 0 Å². The number of halogens is 1. The van der Waals surface area contributed by atoms with Gasteiger partial charge in [-0.3, -0.25) is 0 Å². The van der Waals surface area contributed by atoms with Gasteiger partial charge in [0.1, 0.15) is 23.4 Å². The second-order valence-electron chi connectivity index (χ2n) is 3.78. The lowest BCUT2D eigenvalue weighted by atomic mass is 10.1. The normalized spacial score (nSPS) is 15.9. The van der Waals surface area contributed by atoms with Crippen molar-refractivity contribution in [2.75, 3.05) is 13.2 Å². The van der Waals surface area contributed by atoms with Crippen molar-refractivity contribution in [1.29, 1.82) is 0 Å². The molecule has 2 N–H and O–H groups in total. The predicted molar refractivity (Wildman–Crippen MR) is 62.2 cm³/mol. The van der Waals surface area contributed by atoms with Gasteiger partial charge in [0, 0.05) is 12.0 Å². The molecule has 0 radical (unpaired) electrons. The van der Waals surface area contributed by atoms with Gasteiger partial charge in [0.05, 0.1) is 6.10 Å². The number of aromatic hydroxyl groups is 1. The van der Waals surface area contributed by atoms with E-state index in [1.54, 1.807) is 13.0 Å². The van der Waals surface area contributed by atoms with Crippen LogP contribution in [0.2, 0.25) is 0 Å². The van der Waals surface area contributed by atoms with Crippen LogP contribution in [0.1, 0.15) is 12.5 Å². The van der Waals surface area contributed by atoms with Crippen LogP contribution < -0.4 is 9.47 Å². The zero-order chi connectivity index (χ0) is 11.7. The lowest BCUT2D eigenvalue weighted by molar-refractivity contribution is 0.168. The standard InChI is InChI=1S/C11H13BrO4/c1-6(13)4-7-5-8-11(9(12)10(7)14)16-3-2-15-8/h5-6,13-14H,2-4H2,1H3. The van der Waals surface area contributed by atoms with E-state index < -0.39 is 6.10 Å². The number of ether oxygens (including phenoxy) is 2. The fourth-order valence-electron chi connectivity index (χ4n) is 1.66. The number of hydrogen-bond donors (Lipinski definition) is 2. The topological polar surface area (TPSA) is 58.9 Å². The SMILES string of the molecule is CC(O)Cc1cc2c(c(Br)c1O)OCCO2. The van der Waals surface area contributed by atoms with Crippen molar-refractivity contribution in [2.45, 2.75) is 19.4 Å². The molecule has 1 aromatic carbocycles. The van der Waals surface area contributed by atoms with Crippen LogP contribution >= 0.6 is 15.9 Å². The van der Waals surface area contributed by atoms with Crippen LogP contribution in [0.4, 0.5) is 0 Å². The molecule has 0 aliphatic carbocycles. The highest BCUT2D eigenvalue weighted by Gasteiger charge is 2.21. The molecule has 1 atom stereocenters. The van der Waals surface area contributed by atoms with Crippen LogP contribution in [-0.2, 0) is 6.42 Å². The summed E-state index contributed by atoms with van der Waals surface area (Å²) in [6, 6.07) is 1.71. The van der Waals surface area contributed by atoms with Crippen molar-refractivity contribution in [2.24, 2.45) is 0 Å². The smallest absolute Gasteiger partial charge is 0.179 e. The Balaban J connectivity index is 2.44. The van der Waals surface area contributed by atoms with E-state index in [1.807, 2.05) is 0 Å². The first kappa shape index (κ1) is 11.5. The molecule has 1 aromatic rings. The monoisotopic (exact) mass is 288 g/mol. The molecule has 0 saturated heterocycles. The van der Waals surface area contributed by atoms with Gasteiger partial charge in [-0.2, -0.15) is 0 Å². The Bertz CT molecular complexity index is 403. The maximum absolute atomic E-state index is 9.91. The highest BCUT2D eigenvalue weighted by atomic mass is 79.9. The van der Waals surface area contributed by atoms with E-state index in [-0.39, 0.29) is 5.75 Å². The highest BCUT2D eigenvalue weighted by molar-refractivity contribution is 9.10. The third-order valence-corrected chi connectivity index (χ3v) is 3.08. The second-order valence-corrected chi connectivity index (χ2v) is 4.57. The third kappa shape index (κ3) is 2.10. The van der Waals surface area contributed by atoms with Crippen LogP contribution in [-0.4, -0.2) is 29.5 Å². The van der Waals surface area contributed by atoms with E-state index in [0.29, 0.717) is 41.2 Å². The van der Waals surface area contributed by atoms with Gasteiger partial charge in [0.2, 0.25) is 0 Å². The van der Waals surface area contributed by atoms with Crippen LogP contribution in [0, 0.1) is 0 Å². The summed E-state index contributed by atoms with van der Waals surface area (Å²) < 4.78 is 11.3. The molecule has 0 bridgehead atoms. The van der Waals surface area contributed by atoms with Crippen LogP contribution in [0.15, 0.2) is 10.5 Å². The first-order chi connectivity index (χ1) is 7.59. The van der Waals surface area contributed by atoms with Crippen molar-refractivity contribution in [3.8, 4) is 17.2 Å². The van der Waals surface area contributed by atoms with Crippen molar-refractivity contribution in [1.82, 2.24) is 0 Å². The Kier molecular flexibility index (Phi) is 3.25. The number of aliphatic hydroxyl groups excluding tert-OH is 1. The van der Waals surface area contributed by atoms with E-state index in [1.165, 1.54) is 0 Å². The molecular formula is C11H13BrO4. The van der Waals surface area contributed by atoms with Gasteiger partial charge in [0.25, 0.3) is 0 Å². The van der Waals surface area contributed by atoms with Crippen LogP contribution in [0.3, 0.4) is 0 Å². The quantitative estimate of drug-likeness (QED) is 0.872. The summed E-state index contributed by atoms with van der Waals surface area (Å²) >= 11 is 3.27. The maximum Gasteiger partial charge on any atom is 0.179 e. The average molecular weight is 289 g/mol. The van der Waals surface area contributed by atoms with Crippen molar-refractivity contribution in [3.63, 3.8) is 0 Å². The summed E-state index contributed by atoms with van der Waals surface area (Å²) in [6.07, 6.45) is -0.137. The zero-order valence-corrected chi connectivity index (χ0v) is 10.5. The zero-order valence-electron chi connectivity index (χ0n) is 8.86. The first-order valence-corrected chi connectivity index (χ1v) is 5.87. The molecule has 1 unspecified atom stereocenters. The molecular weight excluding hydrogens is 276 g/mol. The molecule has 0 saturated carbocycles. The Morgan fingerprint density at radius 1 is 1.44 bits per heavy atom. The molecule has 16 heavy (non-hydrogen) atoms. The molecule has 4 nitrogen and oxygen atoms in total. The van der Waals surface area contributed by atoms with Crippen molar-refractivity contribution < 1.29 is 19.7 Å². The van der Waals surface area contributed by atoms with Crippen LogP contribution in [0.25, 0.3) is 0 Å². The lowest BCUT2D eigenvalue weighted by Crippen LogP contribution is -2.16. The summed E-state index contributed by atoms with van der Waals surface area (Å²) in [5.41, 5.74) is 0.645. The van der Waals surface area contributed by atoms with Gasteiger partial charge in [-0.05, 0) is 28.9 Å². The van der Waals surface area contributed by atoms with Crippen molar-refractivity contribution >= 4 is 15.9 Å². The number of aliphatic hydroxyl groups is 1. The Morgan fingerprint density at radius 2 is 2.12 bits per heavy atom. The number of fused-ring (bicyclic) bond motifs is 1. The molecule has 0 amide bonds. The maximum atomic E-state index is 9.91. The van der Waals surface area contributed by atoms with Gasteiger partial charge in [0.15, 0.2) is 11.5 Å². The largest absolute Gasteiger partial charge is 0.506 e. The summed E-state index contributed by atoms with van der Waals surface area (Å²) in [5.74, 6) is 1.23. The molecule has 0 aromatic heterocycles. The second kappa shape index (κ2) is 4.51. The van der Waals surface area contributed by atoms with Gasteiger partial charge in [-0.25, -0.2) is 0 Å². The van der Waals surface area contributed by atoms with Gasteiger partial charge < -0.3 is 19.7 Å². The molecule has 1 heterocycles. The Labute approximate surface area is 102 Å². The minimum absolute atomic E-state index is 0.102. The molecule has 2 rings (SSSR count). The summed E-state index contributed by atoms with van der Waals surface area (Å²) in [4.78, 5) is 0. The number of phenolic OH excluding ortho intramolecular Hbond substituents is 1. The van der Waals surface area contributed by atoms with Gasteiger partial charge in [-0.1, -0.05) is 0 Å². The van der Waals surface area contributed by atoms with E-state index in [0.717, 1.165) is 0 Å². The van der Waals surface area contributed by atoms with Crippen molar-refractivity contribution in [3.05, 3.63) is 16.1 Å². The fraction of sp³-hybridized carbons (Fsp3) is 0.455. The minimum Gasteiger partial charge on any atom is -0.506 e. The summed E-state index contributed by atoms with van der Waals surface area (Å²) in [7, 11) is 0. The van der Waals surface area contributed by atoms with E-state index in [4.69, 9.17) is 9.47 Å². The fourth-order valence-corrected chi connectivity index (χ4v) is 2.22. The number of benzene rings is 1. The molecule has 1 aliphatic heterocycles. The third-order valence-electron chi connectivity index (χ3n) is 2.34. The number of phenols is 1. The van der Waals surface area contributed by atoms with Crippen LogP contribution in [0.5, 0.6) is 17.2 Å². The first-order valence-electron chi connectivity index (χ1n) is 5.07. The summed E-state index contributed by atoms with van der Waals surface area (Å²) in [6.45, 7) is 2.64. The molecule has 88 valence electrons. The van der Waals surface area contributed by atoms with Gasteiger partial charge >= 0.3 is 0 Å². The molecule has 0 fully saturated rings. The number of hydrogen-bond acceptors (Lipinski definition) is 4. The average Bonchev–Trinajstić information content (AvgIpc) is 2.25. The Morgan fingerprint density at radius 3 is 2.81 bits per heavy atom. The predicted octanol–water partition coefficient (Wildman–Crippen LogP) is 1.85. The Hall–Kier alpha value is -0.940. The molecule has 5 heteroatoms. The lowest BCUT2D eigenvalue weighted by Gasteiger charge is -2.21. The molecule has 1 aliphatic rings. The summed E-state index contributed by atoms with van der Waals surface area (Å²) in [5, 5.41) is 19.2. The number of rotatable bonds is 2. The van der Waals surface area contributed by atoms with E-state index in [2.05, 4.69) is 15.9 Å². The highest BCUT2D eigenvalue weighted by Crippen LogP contribution is 2.45. The van der Waals surface area contributed by atoms with E-state index >= 15 is 0 Å².